The molecule has 0 aliphatic heterocycles. The number of hydrogen-bond donors (Lipinski definition) is 0. The molecule has 0 N–H and O–H groups in total. The molecule has 0 spiro atoms. The summed E-state index contributed by atoms with van der Waals surface area (Å²) in [6.07, 6.45) is 1.38. The Bertz CT molecular complexity index is 743. The maximum absolute atomic E-state index is 13.7. The third-order valence-electron chi connectivity index (χ3n) is 2.61. The van der Waals surface area contributed by atoms with E-state index in [2.05, 4.69) is 9.97 Å². The fourth-order valence-corrected chi connectivity index (χ4v) is 1.88. The molecule has 0 aliphatic carbocycles. The molecule has 0 atom stereocenters. The standard InChI is InChI=1S/C14H8ClFN2O/c15-9-5-6-13(11(16)7-9)19-14-10-3-1-2-4-12(10)17-8-18-14/h1-8H. The maximum atomic E-state index is 13.7. The lowest BCUT2D eigenvalue weighted by Crippen LogP contribution is -1.93. The van der Waals surface area contributed by atoms with E-state index >= 15 is 0 Å². The molecule has 0 aliphatic rings. The van der Waals surface area contributed by atoms with Gasteiger partial charge in [-0.3, -0.25) is 0 Å². The molecule has 19 heavy (non-hydrogen) atoms. The molecule has 0 saturated carbocycles. The van der Waals surface area contributed by atoms with Crippen molar-refractivity contribution in [3.05, 3.63) is 59.6 Å². The van der Waals surface area contributed by atoms with E-state index in [9.17, 15) is 4.39 Å². The largest absolute Gasteiger partial charge is 0.435 e. The van der Waals surface area contributed by atoms with Crippen molar-refractivity contribution < 1.29 is 9.13 Å². The molecule has 3 aromatic rings. The average Bonchev–Trinajstić information content (AvgIpc) is 2.42. The average molecular weight is 275 g/mol. The smallest absolute Gasteiger partial charge is 0.230 e. The summed E-state index contributed by atoms with van der Waals surface area (Å²) in [7, 11) is 0. The second-order valence-electron chi connectivity index (χ2n) is 3.87. The topological polar surface area (TPSA) is 35.0 Å². The molecule has 0 radical (unpaired) electrons. The number of ether oxygens (including phenoxy) is 1. The van der Waals surface area contributed by atoms with Gasteiger partial charge in [-0.05, 0) is 30.3 Å². The van der Waals surface area contributed by atoms with Gasteiger partial charge >= 0.3 is 0 Å². The van der Waals surface area contributed by atoms with Crippen molar-refractivity contribution in [2.24, 2.45) is 0 Å². The van der Waals surface area contributed by atoms with Crippen molar-refractivity contribution in [1.29, 1.82) is 0 Å². The summed E-state index contributed by atoms with van der Waals surface area (Å²) < 4.78 is 19.2. The second kappa shape index (κ2) is 4.82. The molecule has 0 fully saturated rings. The van der Waals surface area contributed by atoms with Gasteiger partial charge in [0.25, 0.3) is 0 Å². The lowest BCUT2D eigenvalue weighted by atomic mass is 10.2. The van der Waals surface area contributed by atoms with Crippen molar-refractivity contribution in [1.82, 2.24) is 9.97 Å². The van der Waals surface area contributed by atoms with E-state index in [0.29, 0.717) is 10.9 Å². The van der Waals surface area contributed by atoms with Crippen LogP contribution in [0.25, 0.3) is 10.9 Å². The van der Waals surface area contributed by atoms with Gasteiger partial charge in [0.2, 0.25) is 5.88 Å². The monoisotopic (exact) mass is 274 g/mol. The molecule has 2 aromatic carbocycles. The summed E-state index contributed by atoms with van der Waals surface area (Å²) in [6, 6.07) is 11.6. The summed E-state index contributed by atoms with van der Waals surface area (Å²) in [5, 5.41) is 1.04. The van der Waals surface area contributed by atoms with Gasteiger partial charge in [0.15, 0.2) is 11.6 Å². The Morgan fingerprint density at radius 1 is 1.05 bits per heavy atom. The number of para-hydroxylation sites is 1. The minimum absolute atomic E-state index is 0.0771. The maximum Gasteiger partial charge on any atom is 0.230 e. The molecule has 0 unspecified atom stereocenters. The first-order valence-electron chi connectivity index (χ1n) is 5.57. The highest BCUT2D eigenvalue weighted by atomic mass is 35.5. The van der Waals surface area contributed by atoms with E-state index in [1.807, 2.05) is 24.3 Å². The van der Waals surface area contributed by atoms with Gasteiger partial charge in [-0.2, -0.15) is 0 Å². The summed E-state index contributed by atoms with van der Waals surface area (Å²) in [5.41, 5.74) is 0.738. The first-order chi connectivity index (χ1) is 9.24. The number of nitrogens with zero attached hydrogens (tertiary/aromatic N) is 2. The van der Waals surface area contributed by atoms with Crippen LogP contribution in [0.5, 0.6) is 11.6 Å². The van der Waals surface area contributed by atoms with Gasteiger partial charge in [-0.15, -0.1) is 0 Å². The van der Waals surface area contributed by atoms with Gasteiger partial charge in [0.1, 0.15) is 6.33 Å². The van der Waals surface area contributed by atoms with E-state index in [4.69, 9.17) is 16.3 Å². The Labute approximate surface area is 113 Å². The lowest BCUT2D eigenvalue weighted by molar-refractivity contribution is 0.431. The molecule has 3 nitrogen and oxygen atoms in total. The van der Waals surface area contributed by atoms with Crippen LogP contribution in [0.4, 0.5) is 4.39 Å². The molecule has 1 heterocycles. The summed E-state index contributed by atoms with van der Waals surface area (Å²) in [4.78, 5) is 8.15. The first-order valence-corrected chi connectivity index (χ1v) is 5.94. The second-order valence-corrected chi connectivity index (χ2v) is 4.31. The Hall–Kier alpha value is -2.20. The lowest BCUT2D eigenvalue weighted by Gasteiger charge is -2.08. The third kappa shape index (κ3) is 2.35. The van der Waals surface area contributed by atoms with Crippen LogP contribution in [-0.4, -0.2) is 9.97 Å². The van der Waals surface area contributed by atoms with E-state index in [1.165, 1.54) is 18.5 Å². The van der Waals surface area contributed by atoms with Gasteiger partial charge < -0.3 is 4.74 Å². The summed E-state index contributed by atoms with van der Waals surface area (Å²) >= 11 is 5.69. The van der Waals surface area contributed by atoms with E-state index in [-0.39, 0.29) is 5.75 Å². The Kier molecular flexibility index (Phi) is 3.01. The molecule has 1 aromatic heterocycles. The SMILES string of the molecule is Fc1cc(Cl)ccc1Oc1ncnc2ccccc12. The van der Waals surface area contributed by atoms with E-state index in [0.717, 1.165) is 10.9 Å². The van der Waals surface area contributed by atoms with Crippen molar-refractivity contribution >= 4 is 22.5 Å². The molecule has 94 valence electrons. The van der Waals surface area contributed by atoms with E-state index < -0.39 is 5.82 Å². The number of aromatic nitrogens is 2. The van der Waals surface area contributed by atoms with Crippen LogP contribution in [-0.2, 0) is 0 Å². The molecule has 0 bridgehead atoms. The highest BCUT2D eigenvalue weighted by Crippen LogP contribution is 2.29. The molecule has 3 rings (SSSR count). The highest BCUT2D eigenvalue weighted by molar-refractivity contribution is 6.30. The normalized spacial score (nSPS) is 10.6. The molecule has 0 saturated heterocycles. The minimum Gasteiger partial charge on any atom is -0.435 e. The minimum atomic E-state index is -0.532. The third-order valence-corrected chi connectivity index (χ3v) is 2.84. The van der Waals surface area contributed by atoms with Crippen LogP contribution >= 0.6 is 11.6 Å². The van der Waals surface area contributed by atoms with Crippen molar-refractivity contribution in [2.75, 3.05) is 0 Å². The van der Waals surface area contributed by atoms with Crippen molar-refractivity contribution in [2.45, 2.75) is 0 Å². The van der Waals surface area contributed by atoms with Gasteiger partial charge in [-0.1, -0.05) is 23.7 Å². The molecular formula is C14H8ClFN2O. The molecule has 0 amide bonds. The van der Waals surface area contributed by atoms with Crippen molar-refractivity contribution in [3.63, 3.8) is 0 Å². The van der Waals surface area contributed by atoms with Crippen LogP contribution in [0.2, 0.25) is 5.02 Å². The fraction of sp³-hybridized carbons (Fsp3) is 0. The number of hydrogen-bond acceptors (Lipinski definition) is 3. The summed E-state index contributed by atoms with van der Waals surface area (Å²) in [6.45, 7) is 0. The predicted octanol–water partition coefficient (Wildman–Crippen LogP) is 4.21. The Morgan fingerprint density at radius 2 is 1.89 bits per heavy atom. The van der Waals surface area contributed by atoms with Crippen LogP contribution in [0.1, 0.15) is 0 Å². The predicted molar refractivity (Wildman–Crippen MR) is 71.0 cm³/mol. The number of benzene rings is 2. The zero-order valence-electron chi connectivity index (χ0n) is 9.68. The number of rotatable bonds is 2. The number of halogens is 2. The zero-order valence-corrected chi connectivity index (χ0v) is 10.4. The number of fused-ring (bicyclic) bond motifs is 1. The first kappa shape index (κ1) is 11.9. The molecule has 5 heteroatoms. The summed E-state index contributed by atoms with van der Waals surface area (Å²) in [5.74, 6) is -0.143. The van der Waals surface area contributed by atoms with Gasteiger partial charge in [-0.25, -0.2) is 14.4 Å². The van der Waals surface area contributed by atoms with Crippen LogP contribution < -0.4 is 4.74 Å². The zero-order chi connectivity index (χ0) is 13.2. The van der Waals surface area contributed by atoms with Gasteiger partial charge in [0, 0.05) is 5.02 Å². The highest BCUT2D eigenvalue weighted by Gasteiger charge is 2.09. The van der Waals surface area contributed by atoms with Gasteiger partial charge in [0.05, 0.1) is 10.9 Å². The van der Waals surface area contributed by atoms with Crippen LogP contribution in [0, 0.1) is 5.82 Å². The van der Waals surface area contributed by atoms with Crippen LogP contribution in [0.15, 0.2) is 48.8 Å². The molecular weight excluding hydrogens is 267 g/mol. The Morgan fingerprint density at radius 3 is 2.74 bits per heavy atom. The quantitative estimate of drug-likeness (QED) is 0.702. The van der Waals surface area contributed by atoms with E-state index in [1.54, 1.807) is 6.07 Å². The fourth-order valence-electron chi connectivity index (χ4n) is 1.72. The van der Waals surface area contributed by atoms with Crippen LogP contribution in [0.3, 0.4) is 0 Å². The Balaban J connectivity index is 2.06. The van der Waals surface area contributed by atoms with Crippen molar-refractivity contribution in [3.8, 4) is 11.6 Å².